The number of rotatable bonds is 5. The molecule has 0 spiro atoms. The average molecular weight is 270 g/mol. The third kappa shape index (κ3) is 4.26. The lowest BCUT2D eigenvalue weighted by molar-refractivity contribution is 0.360. The second kappa shape index (κ2) is 7.94. The fourth-order valence-corrected chi connectivity index (χ4v) is 2.99. The zero-order valence-electron chi connectivity index (χ0n) is 12.7. The highest BCUT2D eigenvalue weighted by atomic mass is 16.5. The first-order valence-corrected chi connectivity index (χ1v) is 7.80. The fraction of sp³-hybridized carbons (Fsp3) is 0.474. The molecule has 0 unspecified atom stereocenters. The number of hydrogen-bond acceptors (Lipinski definition) is 1. The van der Waals surface area contributed by atoms with Crippen molar-refractivity contribution in [3.63, 3.8) is 0 Å². The summed E-state index contributed by atoms with van der Waals surface area (Å²) in [5.74, 6) is 2.51. The summed E-state index contributed by atoms with van der Waals surface area (Å²) in [6, 6.07) is 8.70. The molecule has 0 aliphatic heterocycles. The highest BCUT2D eigenvalue weighted by Crippen LogP contribution is 2.36. The van der Waals surface area contributed by atoms with Crippen molar-refractivity contribution in [3.05, 3.63) is 54.1 Å². The van der Waals surface area contributed by atoms with Gasteiger partial charge in [-0.15, -0.1) is 0 Å². The lowest BCUT2D eigenvalue weighted by Gasteiger charge is -2.27. The van der Waals surface area contributed by atoms with Gasteiger partial charge in [-0.1, -0.05) is 36.4 Å². The smallest absolute Gasteiger partial charge is 0.119 e. The van der Waals surface area contributed by atoms with Gasteiger partial charge in [0.1, 0.15) is 12.4 Å². The van der Waals surface area contributed by atoms with Crippen LogP contribution in [0, 0.1) is 5.92 Å². The molecular weight excluding hydrogens is 244 g/mol. The molecular formula is C19H26O. The molecule has 0 saturated heterocycles. The maximum Gasteiger partial charge on any atom is 0.119 e. The van der Waals surface area contributed by atoms with Gasteiger partial charge in [0, 0.05) is 0 Å². The van der Waals surface area contributed by atoms with E-state index in [9.17, 15) is 0 Å². The van der Waals surface area contributed by atoms with Gasteiger partial charge in [-0.3, -0.25) is 0 Å². The third-order valence-corrected chi connectivity index (χ3v) is 4.17. The molecule has 0 atom stereocenters. The predicted molar refractivity (Wildman–Crippen MR) is 86.3 cm³/mol. The quantitative estimate of drug-likeness (QED) is 0.643. The molecule has 0 amide bonds. The van der Waals surface area contributed by atoms with Gasteiger partial charge in [0.05, 0.1) is 0 Å². The van der Waals surface area contributed by atoms with Crippen LogP contribution in [-0.2, 0) is 0 Å². The lowest BCUT2D eigenvalue weighted by atomic mass is 9.78. The molecule has 1 aliphatic carbocycles. The SMILES string of the molecule is C/C=C/COc1ccc(C2CCC(/C=C/C)CC2)cc1. The Morgan fingerprint density at radius 3 is 2.30 bits per heavy atom. The van der Waals surface area contributed by atoms with Crippen LogP contribution in [0.5, 0.6) is 5.75 Å². The molecule has 1 saturated carbocycles. The van der Waals surface area contributed by atoms with Gasteiger partial charge in [-0.05, 0) is 69.1 Å². The van der Waals surface area contributed by atoms with Crippen molar-refractivity contribution in [3.8, 4) is 5.75 Å². The fourth-order valence-electron chi connectivity index (χ4n) is 2.99. The van der Waals surface area contributed by atoms with Crippen molar-refractivity contribution in [1.29, 1.82) is 0 Å². The van der Waals surface area contributed by atoms with Crippen molar-refractivity contribution in [2.24, 2.45) is 5.92 Å². The normalized spacial score (nSPS) is 23.5. The molecule has 1 fully saturated rings. The summed E-state index contributed by atoms with van der Waals surface area (Å²) in [5, 5.41) is 0. The minimum Gasteiger partial charge on any atom is -0.490 e. The second-order valence-electron chi connectivity index (χ2n) is 5.59. The first-order chi connectivity index (χ1) is 9.83. The minimum atomic E-state index is 0.657. The van der Waals surface area contributed by atoms with E-state index in [-0.39, 0.29) is 0 Å². The van der Waals surface area contributed by atoms with Crippen LogP contribution >= 0.6 is 0 Å². The minimum absolute atomic E-state index is 0.657. The van der Waals surface area contributed by atoms with Crippen LogP contribution in [0.25, 0.3) is 0 Å². The van der Waals surface area contributed by atoms with E-state index in [0.29, 0.717) is 6.61 Å². The van der Waals surface area contributed by atoms with Gasteiger partial charge < -0.3 is 4.74 Å². The Bertz CT molecular complexity index is 433. The predicted octanol–water partition coefficient (Wildman–Crippen LogP) is 5.49. The standard InChI is InChI=1S/C19H26O/c1-3-5-15-20-19-13-11-18(12-14-19)17-9-7-16(6-4-2)8-10-17/h3-6,11-14,16-17H,7-10,15H2,1-2H3/b5-3+,6-4+. The Hall–Kier alpha value is -1.50. The highest BCUT2D eigenvalue weighted by Gasteiger charge is 2.20. The monoisotopic (exact) mass is 270 g/mol. The van der Waals surface area contributed by atoms with Crippen LogP contribution in [0.1, 0.15) is 51.0 Å². The lowest BCUT2D eigenvalue weighted by Crippen LogP contribution is -2.11. The molecule has 108 valence electrons. The van der Waals surface area contributed by atoms with E-state index in [4.69, 9.17) is 4.74 Å². The topological polar surface area (TPSA) is 9.23 Å². The highest BCUT2D eigenvalue weighted by molar-refractivity contribution is 5.30. The number of benzene rings is 1. The van der Waals surface area contributed by atoms with Crippen LogP contribution in [0.3, 0.4) is 0 Å². The summed E-state index contributed by atoms with van der Waals surface area (Å²) in [6.07, 6.45) is 13.9. The van der Waals surface area contributed by atoms with Crippen molar-refractivity contribution >= 4 is 0 Å². The van der Waals surface area contributed by atoms with E-state index < -0.39 is 0 Å². The molecule has 2 rings (SSSR count). The summed E-state index contributed by atoms with van der Waals surface area (Å²) in [6.45, 7) is 4.79. The van der Waals surface area contributed by atoms with Crippen LogP contribution in [0.15, 0.2) is 48.6 Å². The van der Waals surface area contributed by atoms with Gasteiger partial charge in [0.2, 0.25) is 0 Å². The molecule has 0 aromatic heterocycles. The Kier molecular flexibility index (Phi) is 5.91. The zero-order valence-corrected chi connectivity index (χ0v) is 12.7. The maximum absolute atomic E-state index is 5.64. The molecule has 0 bridgehead atoms. The molecule has 0 heterocycles. The molecule has 0 N–H and O–H groups in total. The third-order valence-electron chi connectivity index (χ3n) is 4.17. The van der Waals surface area contributed by atoms with E-state index >= 15 is 0 Å². The Labute approximate surface area is 123 Å². The second-order valence-corrected chi connectivity index (χ2v) is 5.59. The van der Waals surface area contributed by atoms with E-state index in [2.05, 4.69) is 43.3 Å². The molecule has 1 aliphatic rings. The molecule has 1 nitrogen and oxygen atoms in total. The van der Waals surface area contributed by atoms with E-state index in [1.54, 1.807) is 0 Å². The van der Waals surface area contributed by atoms with Crippen molar-refractivity contribution in [1.82, 2.24) is 0 Å². The number of allylic oxidation sites excluding steroid dienone is 3. The van der Waals surface area contributed by atoms with Gasteiger partial charge in [-0.2, -0.15) is 0 Å². The van der Waals surface area contributed by atoms with Crippen molar-refractivity contribution in [2.75, 3.05) is 6.61 Å². The van der Waals surface area contributed by atoms with Gasteiger partial charge in [0.25, 0.3) is 0 Å². The Balaban J connectivity index is 1.87. The zero-order chi connectivity index (χ0) is 14.2. The average Bonchev–Trinajstić information content (AvgIpc) is 2.49. The first-order valence-electron chi connectivity index (χ1n) is 7.80. The largest absolute Gasteiger partial charge is 0.490 e. The van der Waals surface area contributed by atoms with E-state index in [1.165, 1.54) is 31.2 Å². The van der Waals surface area contributed by atoms with Crippen molar-refractivity contribution in [2.45, 2.75) is 45.4 Å². The number of ether oxygens (including phenoxy) is 1. The molecule has 1 heteroatoms. The Morgan fingerprint density at radius 2 is 1.70 bits per heavy atom. The molecule has 1 aromatic rings. The van der Waals surface area contributed by atoms with Crippen LogP contribution in [0.2, 0.25) is 0 Å². The molecule has 1 aromatic carbocycles. The summed E-state index contributed by atoms with van der Waals surface area (Å²) >= 11 is 0. The van der Waals surface area contributed by atoms with Crippen LogP contribution in [-0.4, -0.2) is 6.61 Å². The van der Waals surface area contributed by atoms with Crippen molar-refractivity contribution < 1.29 is 4.74 Å². The van der Waals surface area contributed by atoms with Gasteiger partial charge in [0.15, 0.2) is 0 Å². The summed E-state index contributed by atoms with van der Waals surface area (Å²) in [7, 11) is 0. The molecule has 0 radical (unpaired) electrons. The summed E-state index contributed by atoms with van der Waals surface area (Å²) < 4.78 is 5.64. The summed E-state index contributed by atoms with van der Waals surface area (Å²) in [5.41, 5.74) is 1.47. The van der Waals surface area contributed by atoms with E-state index in [1.807, 2.05) is 19.1 Å². The number of hydrogen-bond donors (Lipinski definition) is 0. The molecule has 20 heavy (non-hydrogen) atoms. The van der Waals surface area contributed by atoms with E-state index in [0.717, 1.165) is 17.6 Å². The van der Waals surface area contributed by atoms with Gasteiger partial charge >= 0.3 is 0 Å². The first kappa shape index (κ1) is 14.9. The van der Waals surface area contributed by atoms with Crippen LogP contribution < -0.4 is 4.74 Å². The summed E-state index contributed by atoms with van der Waals surface area (Å²) in [4.78, 5) is 0. The maximum atomic E-state index is 5.64. The van der Waals surface area contributed by atoms with Crippen LogP contribution in [0.4, 0.5) is 0 Å². The van der Waals surface area contributed by atoms with Gasteiger partial charge in [-0.25, -0.2) is 0 Å². The Morgan fingerprint density at radius 1 is 1.00 bits per heavy atom.